The van der Waals surface area contributed by atoms with Gasteiger partial charge in [-0.05, 0) is 12.1 Å². The Kier molecular flexibility index (Phi) is 3.60. The first-order chi connectivity index (χ1) is 13.4. The third-order valence-corrected chi connectivity index (χ3v) is 5.00. The molecule has 5 rings (SSSR count). The van der Waals surface area contributed by atoms with Crippen LogP contribution in [0.1, 0.15) is 22.6 Å². The number of aromatic nitrogens is 6. The lowest BCUT2D eigenvalue weighted by Crippen LogP contribution is -2.32. The van der Waals surface area contributed by atoms with Crippen LogP contribution >= 0.6 is 0 Å². The van der Waals surface area contributed by atoms with Gasteiger partial charge in [0.05, 0.1) is 22.5 Å². The zero-order valence-corrected chi connectivity index (χ0v) is 14.4. The number of fused-ring (bicyclic) bond motifs is 1. The van der Waals surface area contributed by atoms with Crippen molar-refractivity contribution in [3.8, 4) is 11.3 Å². The summed E-state index contributed by atoms with van der Waals surface area (Å²) in [4.78, 5) is 17.2. The van der Waals surface area contributed by atoms with Crippen molar-refractivity contribution in [1.29, 1.82) is 0 Å². The van der Waals surface area contributed by atoms with E-state index < -0.39 is 5.41 Å². The highest BCUT2D eigenvalue weighted by Crippen LogP contribution is 2.41. The topological polar surface area (TPSA) is 80.2 Å². The summed E-state index contributed by atoms with van der Waals surface area (Å²) in [6, 6.07) is 14.1. The molecule has 0 unspecified atom stereocenters. The van der Waals surface area contributed by atoms with Crippen molar-refractivity contribution in [2.45, 2.75) is 11.8 Å². The lowest BCUT2D eigenvalue weighted by atomic mass is 9.72. The van der Waals surface area contributed by atoms with Crippen molar-refractivity contribution < 1.29 is 0 Å². The molecule has 0 saturated heterocycles. The second-order valence-corrected chi connectivity index (χ2v) is 6.50. The fourth-order valence-electron chi connectivity index (χ4n) is 3.67. The summed E-state index contributed by atoms with van der Waals surface area (Å²) in [5.74, 6) is 0. The molecular weight excluding hydrogens is 336 g/mol. The molecule has 0 aliphatic heterocycles. The van der Waals surface area contributed by atoms with E-state index >= 15 is 0 Å². The van der Waals surface area contributed by atoms with Gasteiger partial charge < -0.3 is 0 Å². The van der Waals surface area contributed by atoms with E-state index in [0.717, 1.165) is 33.9 Å². The van der Waals surface area contributed by atoms with E-state index in [9.17, 15) is 0 Å². The third kappa shape index (κ3) is 2.54. The molecule has 6 nitrogen and oxygen atoms in total. The van der Waals surface area contributed by atoms with Crippen LogP contribution in [-0.2, 0) is 11.8 Å². The quantitative estimate of drug-likeness (QED) is 0.612. The molecule has 0 bridgehead atoms. The summed E-state index contributed by atoms with van der Waals surface area (Å²) < 4.78 is 0. The molecular formula is C21H16N6. The normalized spacial score (nSPS) is 14.7. The molecule has 6 heteroatoms. The smallest absolute Gasteiger partial charge is 0.115 e. The summed E-state index contributed by atoms with van der Waals surface area (Å²) in [5, 5.41) is 7.81. The van der Waals surface area contributed by atoms with Crippen LogP contribution in [0.4, 0.5) is 0 Å². The predicted octanol–water partition coefficient (Wildman–Crippen LogP) is 3.21. The summed E-state index contributed by atoms with van der Waals surface area (Å²) in [5.41, 5.74) is 5.54. The minimum Gasteiger partial charge on any atom is -0.281 e. The monoisotopic (exact) mass is 352 g/mol. The second kappa shape index (κ2) is 6.25. The fraction of sp³-hybridized carbons (Fsp3) is 0.0952. The molecule has 0 radical (unpaired) electrons. The SMILES string of the molecule is C1=CC(c2ccncn2)(c2ccncn2)Cc2[nH]nc(-c3ccccc3)c21. The van der Waals surface area contributed by atoms with Crippen molar-refractivity contribution in [3.05, 3.63) is 96.2 Å². The van der Waals surface area contributed by atoms with Gasteiger partial charge in [-0.3, -0.25) is 5.10 Å². The Labute approximate surface area is 156 Å². The Bertz CT molecular complexity index is 1050. The van der Waals surface area contributed by atoms with Gasteiger partial charge in [0.1, 0.15) is 12.7 Å². The first kappa shape index (κ1) is 15.6. The fourth-order valence-corrected chi connectivity index (χ4v) is 3.67. The third-order valence-electron chi connectivity index (χ3n) is 5.00. The van der Waals surface area contributed by atoms with Crippen molar-refractivity contribution in [3.63, 3.8) is 0 Å². The Hall–Kier alpha value is -3.67. The number of allylic oxidation sites excluding steroid dienone is 1. The Morgan fingerprint density at radius 2 is 1.56 bits per heavy atom. The van der Waals surface area contributed by atoms with Crippen LogP contribution in [0.3, 0.4) is 0 Å². The summed E-state index contributed by atoms with van der Waals surface area (Å²) in [6.07, 6.45) is 11.6. The van der Waals surface area contributed by atoms with E-state index in [1.807, 2.05) is 30.3 Å². The molecule has 1 aromatic carbocycles. The van der Waals surface area contributed by atoms with Gasteiger partial charge in [0, 0.05) is 35.6 Å². The number of nitrogens with zero attached hydrogens (tertiary/aromatic N) is 5. The molecule has 0 amide bonds. The van der Waals surface area contributed by atoms with E-state index in [1.54, 1.807) is 25.0 Å². The minimum atomic E-state index is -0.487. The van der Waals surface area contributed by atoms with Crippen LogP contribution in [0, 0.1) is 0 Å². The van der Waals surface area contributed by atoms with Crippen LogP contribution in [0.25, 0.3) is 17.3 Å². The molecule has 0 atom stereocenters. The molecule has 1 N–H and O–H groups in total. The molecule has 1 aliphatic rings. The molecule has 0 fully saturated rings. The van der Waals surface area contributed by atoms with E-state index in [1.165, 1.54) is 0 Å². The molecule has 0 saturated carbocycles. The predicted molar refractivity (Wildman–Crippen MR) is 102 cm³/mol. The number of benzene rings is 1. The lowest BCUT2D eigenvalue weighted by Gasteiger charge is -2.31. The van der Waals surface area contributed by atoms with Crippen LogP contribution in [0.5, 0.6) is 0 Å². The summed E-state index contributed by atoms with van der Waals surface area (Å²) in [6.45, 7) is 0. The van der Waals surface area contributed by atoms with Crippen LogP contribution < -0.4 is 0 Å². The molecule has 3 heterocycles. The first-order valence-electron chi connectivity index (χ1n) is 8.72. The van der Waals surface area contributed by atoms with Gasteiger partial charge in [0.25, 0.3) is 0 Å². The Balaban J connectivity index is 1.66. The molecule has 27 heavy (non-hydrogen) atoms. The molecule has 130 valence electrons. The van der Waals surface area contributed by atoms with Crippen LogP contribution in [0.15, 0.2) is 73.6 Å². The average molecular weight is 352 g/mol. The van der Waals surface area contributed by atoms with Crippen LogP contribution in [-0.4, -0.2) is 30.1 Å². The number of H-pyrrole nitrogens is 1. The summed E-state index contributed by atoms with van der Waals surface area (Å²) in [7, 11) is 0. The minimum absolute atomic E-state index is 0.487. The number of rotatable bonds is 3. The second-order valence-electron chi connectivity index (χ2n) is 6.50. The van der Waals surface area contributed by atoms with Gasteiger partial charge in [-0.1, -0.05) is 42.5 Å². The van der Waals surface area contributed by atoms with E-state index in [0.29, 0.717) is 6.42 Å². The van der Waals surface area contributed by atoms with Crippen molar-refractivity contribution in [2.24, 2.45) is 0 Å². The molecule has 0 spiro atoms. The first-order valence-corrected chi connectivity index (χ1v) is 8.72. The van der Waals surface area contributed by atoms with Gasteiger partial charge >= 0.3 is 0 Å². The average Bonchev–Trinajstić information content (AvgIpc) is 3.18. The van der Waals surface area contributed by atoms with Gasteiger partial charge in [0.15, 0.2) is 0 Å². The maximum atomic E-state index is 4.58. The van der Waals surface area contributed by atoms with E-state index in [2.05, 4.69) is 54.4 Å². The number of nitrogens with one attached hydrogen (secondary N) is 1. The highest BCUT2D eigenvalue weighted by Gasteiger charge is 2.39. The van der Waals surface area contributed by atoms with Crippen molar-refractivity contribution in [2.75, 3.05) is 0 Å². The molecule has 1 aliphatic carbocycles. The molecule has 3 aromatic heterocycles. The highest BCUT2D eigenvalue weighted by molar-refractivity contribution is 5.76. The molecule has 4 aromatic rings. The lowest BCUT2D eigenvalue weighted by molar-refractivity contribution is 0.578. The van der Waals surface area contributed by atoms with E-state index in [-0.39, 0.29) is 0 Å². The zero-order valence-electron chi connectivity index (χ0n) is 14.4. The van der Waals surface area contributed by atoms with Crippen LogP contribution in [0.2, 0.25) is 0 Å². The zero-order chi connectivity index (χ0) is 18.1. The van der Waals surface area contributed by atoms with Gasteiger partial charge in [-0.2, -0.15) is 5.10 Å². The summed E-state index contributed by atoms with van der Waals surface area (Å²) >= 11 is 0. The Morgan fingerprint density at radius 1 is 0.852 bits per heavy atom. The van der Waals surface area contributed by atoms with Crippen molar-refractivity contribution >= 4 is 6.08 Å². The number of aromatic amines is 1. The van der Waals surface area contributed by atoms with Crippen molar-refractivity contribution in [1.82, 2.24) is 30.1 Å². The van der Waals surface area contributed by atoms with Gasteiger partial charge in [0.2, 0.25) is 0 Å². The van der Waals surface area contributed by atoms with Gasteiger partial charge in [-0.15, -0.1) is 0 Å². The number of hydrogen-bond acceptors (Lipinski definition) is 5. The van der Waals surface area contributed by atoms with Gasteiger partial charge in [-0.25, -0.2) is 19.9 Å². The maximum Gasteiger partial charge on any atom is 0.115 e. The standard InChI is InChI=1S/C21H16N6/c1-2-4-15(5-3-1)20-16-6-9-21(12-17(16)26-27-20,18-7-10-22-13-24-18)19-8-11-23-14-25-19/h1-11,13-14H,12H2,(H,26,27). The maximum absolute atomic E-state index is 4.58. The largest absolute Gasteiger partial charge is 0.281 e. The Morgan fingerprint density at radius 3 is 2.19 bits per heavy atom. The van der Waals surface area contributed by atoms with E-state index in [4.69, 9.17) is 0 Å². The highest BCUT2D eigenvalue weighted by atomic mass is 15.1. The number of hydrogen-bond donors (Lipinski definition) is 1.